The lowest BCUT2D eigenvalue weighted by Crippen LogP contribution is -2.45. The highest BCUT2D eigenvalue weighted by Crippen LogP contribution is 2.24. The molecular weight excluding hydrogens is 292 g/mol. The summed E-state index contributed by atoms with van der Waals surface area (Å²) in [5.41, 5.74) is -0.377. The van der Waals surface area contributed by atoms with Crippen LogP contribution >= 0.6 is 0 Å². The molecule has 0 radical (unpaired) electrons. The molecule has 0 amide bonds. The van der Waals surface area contributed by atoms with Crippen LogP contribution in [0.15, 0.2) is 29.2 Å². The molecule has 1 rings (SSSR count). The Balaban J connectivity index is 3.20. The molecule has 1 atom stereocenters. The van der Waals surface area contributed by atoms with Crippen molar-refractivity contribution < 1.29 is 17.9 Å². The third-order valence-corrected chi connectivity index (χ3v) is 5.22. The van der Waals surface area contributed by atoms with Gasteiger partial charge in [-0.25, -0.2) is 17.5 Å². The first-order valence-electron chi connectivity index (χ1n) is 6.59. The fourth-order valence-electron chi connectivity index (χ4n) is 1.81. The van der Waals surface area contributed by atoms with E-state index in [4.69, 9.17) is 4.74 Å². The molecule has 0 aliphatic carbocycles. The van der Waals surface area contributed by atoms with Crippen molar-refractivity contribution in [3.8, 4) is 0 Å². The van der Waals surface area contributed by atoms with Gasteiger partial charge in [0.2, 0.25) is 10.0 Å². The molecule has 0 bridgehead atoms. The van der Waals surface area contributed by atoms with E-state index in [0.29, 0.717) is 5.56 Å². The SMILES string of the molecule is CCOC(=O)C(C)(NC)c1ccc(S(=O)(=O)N(C)C)cc1. The maximum Gasteiger partial charge on any atom is 0.330 e. The van der Waals surface area contributed by atoms with Gasteiger partial charge in [0.15, 0.2) is 0 Å². The van der Waals surface area contributed by atoms with E-state index in [1.54, 1.807) is 33.0 Å². The Morgan fingerprint density at radius 3 is 2.19 bits per heavy atom. The standard InChI is InChI=1S/C14H22N2O4S/c1-6-20-13(17)14(2,15-3)11-7-9-12(10-8-11)21(18,19)16(4)5/h7-10,15H,6H2,1-5H3. The summed E-state index contributed by atoms with van der Waals surface area (Å²) in [6.07, 6.45) is 0. The third-order valence-electron chi connectivity index (χ3n) is 3.39. The topological polar surface area (TPSA) is 75.7 Å². The molecule has 1 unspecified atom stereocenters. The highest BCUT2D eigenvalue weighted by molar-refractivity contribution is 7.89. The molecule has 1 aromatic rings. The molecule has 0 aliphatic rings. The fourth-order valence-corrected chi connectivity index (χ4v) is 2.71. The smallest absolute Gasteiger partial charge is 0.330 e. The molecule has 0 saturated carbocycles. The maximum absolute atomic E-state index is 12.1. The van der Waals surface area contributed by atoms with Gasteiger partial charge in [-0.1, -0.05) is 12.1 Å². The van der Waals surface area contributed by atoms with E-state index in [-0.39, 0.29) is 11.5 Å². The lowest BCUT2D eigenvalue weighted by molar-refractivity contribution is -0.150. The van der Waals surface area contributed by atoms with E-state index in [1.807, 2.05) is 0 Å². The zero-order valence-corrected chi connectivity index (χ0v) is 13.8. The van der Waals surface area contributed by atoms with Crippen molar-refractivity contribution in [2.75, 3.05) is 27.7 Å². The normalized spacial score (nSPS) is 14.8. The van der Waals surface area contributed by atoms with Gasteiger partial charge in [0, 0.05) is 14.1 Å². The number of nitrogens with zero attached hydrogens (tertiary/aromatic N) is 1. The van der Waals surface area contributed by atoms with E-state index in [2.05, 4.69) is 5.32 Å². The van der Waals surface area contributed by atoms with Crippen LogP contribution in [0.3, 0.4) is 0 Å². The van der Waals surface area contributed by atoms with Crippen LogP contribution in [0.5, 0.6) is 0 Å². The highest BCUT2D eigenvalue weighted by Gasteiger charge is 2.35. The number of hydrogen-bond donors (Lipinski definition) is 1. The molecule has 21 heavy (non-hydrogen) atoms. The van der Waals surface area contributed by atoms with Crippen molar-refractivity contribution in [3.63, 3.8) is 0 Å². The van der Waals surface area contributed by atoms with Crippen LogP contribution in [-0.4, -0.2) is 46.4 Å². The summed E-state index contributed by atoms with van der Waals surface area (Å²) in [6.45, 7) is 3.71. The number of hydrogen-bond acceptors (Lipinski definition) is 5. The minimum Gasteiger partial charge on any atom is -0.464 e. The lowest BCUT2D eigenvalue weighted by Gasteiger charge is -2.27. The van der Waals surface area contributed by atoms with E-state index in [1.165, 1.54) is 26.2 Å². The Morgan fingerprint density at radius 1 is 1.29 bits per heavy atom. The van der Waals surface area contributed by atoms with Gasteiger partial charge >= 0.3 is 5.97 Å². The number of likely N-dealkylation sites (N-methyl/N-ethyl adjacent to an activating group) is 1. The molecule has 6 nitrogen and oxygen atoms in total. The van der Waals surface area contributed by atoms with Crippen molar-refractivity contribution in [3.05, 3.63) is 29.8 Å². The fraction of sp³-hybridized carbons (Fsp3) is 0.500. The first kappa shape index (κ1) is 17.6. The van der Waals surface area contributed by atoms with Crippen molar-refractivity contribution in [2.45, 2.75) is 24.3 Å². The van der Waals surface area contributed by atoms with E-state index >= 15 is 0 Å². The Hall–Kier alpha value is -1.44. The zero-order valence-electron chi connectivity index (χ0n) is 13.0. The van der Waals surface area contributed by atoms with Gasteiger partial charge in [0.25, 0.3) is 0 Å². The number of benzene rings is 1. The van der Waals surface area contributed by atoms with Crippen molar-refractivity contribution in [1.82, 2.24) is 9.62 Å². The summed E-state index contributed by atoms with van der Waals surface area (Å²) >= 11 is 0. The number of carbonyl (C=O) groups excluding carboxylic acids is 1. The Labute approximate surface area is 126 Å². The van der Waals surface area contributed by atoms with Crippen molar-refractivity contribution >= 4 is 16.0 Å². The van der Waals surface area contributed by atoms with E-state index in [0.717, 1.165) is 4.31 Å². The van der Waals surface area contributed by atoms with E-state index in [9.17, 15) is 13.2 Å². The second kappa shape index (κ2) is 6.55. The summed E-state index contributed by atoms with van der Waals surface area (Å²) in [6, 6.07) is 6.20. The molecule has 0 aliphatic heterocycles. The van der Waals surface area contributed by atoms with Gasteiger partial charge in [-0.3, -0.25) is 0 Å². The second-order valence-electron chi connectivity index (χ2n) is 4.91. The number of nitrogens with one attached hydrogen (secondary N) is 1. The summed E-state index contributed by atoms with van der Waals surface area (Å²) < 4.78 is 30.2. The number of ether oxygens (including phenoxy) is 1. The predicted octanol–water partition coefficient (Wildman–Crippen LogP) is 0.935. The Bertz CT molecular complexity index is 596. The molecule has 7 heteroatoms. The van der Waals surface area contributed by atoms with Gasteiger partial charge in [0.1, 0.15) is 5.54 Å². The molecular formula is C14H22N2O4S. The van der Waals surface area contributed by atoms with Gasteiger partial charge in [-0.05, 0) is 38.6 Å². The maximum atomic E-state index is 12.1. The van der Waals surface area contributed by atoms with Crippen molar-refractivity contribution in [2.24, 2.45) is 0 Å². The van der Waals surface area contributed by atoms with Crippen LogP contribution < -0.4 is 5.32 Å². The number of sulfonamides is 1. The number of esters is 1. The van der Waals surface area contributed by atoms with Crippen LogP contribution in [-0.2, 0) is 25.1 Å². The molecule has 0 fully saturated rings. The van der Waals surface area contributed by atoms with Crippen molar-refractivity contribution in [1.29, 1.82) is 0 Å². The van der Waals surface area contributed by atoms with Gasteiger partial charge in [-0.15, -0.1) is 0 Å². The largest absolute Gasteiger partial charge is 0.464 e. The summed E-state index contributed by atoms with van der Waals surface area (Å²) in [5.74, 6) is -0.407. The van der Waals surface area contributed by atoms with Crippen LogP contribution in [0.4, 0.5) is 0 Å². The Kier molecular flexibility index (Phi) is 5.49. The second-order valence-corrected chi connectivity index (χ2v) is 7.06. The van der Waals surface area contributed by atoms with Crippen LogP contribution in [0.1, 0.15) is 19.4 Å². The minimum atomic E-state index is -3.48. The number of rotatable bonds is 6. The van der Waals surface area contributed by atoms with Gasteiger partial charge < -0.3 is 10.1 Å². The molecule has 0 heterocycles. The molecule has 118 valence electrons. The molecule has 0 aromatic heterocycles. The van der Waals surface area contributed by atoms with Gasteiger partial charge in [-0.2, -0.15) is 0 Å². The molecule has 1 N–H and O–H groups in total. The zero-order chi connectivity index (χ0) is 16.3. The summed E-state index contributed by atoms with van der Waals surface area (Å²) in [7, 11) is 1.12. The number of carbonyl (C=O) groups is 1. The molecule has 0 saturated heterocycles. The summed E-state index contributed by atoms with van der Waals surface area (Å²) in [5, 5.41) is 2.93. The van der Waals surface area contributed by atoms with E-state index < -0.39 is 21.5 Å². The lowest BCUT2D eigenvalue weighted by atomic mass is 9.92. The highest BCUT2D eigenvalue weighted by atomic mass is 32.2. The van der Waals surface area contributed by atoms with Crippen LogP contribution in [0, 0.1) is 0 Å². The Morgan fingerprint density at radius 2 is 1.81 bits per heavy atom. The predicted molar refractivity (Wildman–Crippen MR) is 80.4 cm³/mol. The first-order valence-corrected chi connectivity index (χ1v) is 8.03. The monoisotopic (exact) mass is 314 g/mol. The van der Waals surface area contributed by atoms with Crippen LogP contribution in [0.25, 0.3) is 0 Å². The molecule has 0 spiro atoms. The third kappa shape index (κ3) is 3.42. The van der Waals surface area contributed by atoms with Gasteiger partial charge in [0.05, 0.1) is 11.5 Å². The minimum absolute atomic E-state index is 0.179. The quantitative estimate of drug-likeness (QED) is 0.791. The summed E-state index contributed by atoms with van der Waals surface area (Å²) in [4.78, 5) is 12.3. The average Bonchev–Trinajstić information content (AvgIpc) is 2.46. The van der Waals surface area contributed by atoms with Crippen LogP contribution in [0.2, 0.25) is 0 Å². The average molecular weight is 314 g/mol. The molecule has 1 aromatic carbocycles. The first-order chi connectivity index (χ1) is 9.70.